The third-order valence-corrected chi connectivity index (χ3v) is 8.53. The van der Waals surface area contributed by atoms with E-state index < -0.39 is 101 Å². The largest absolute Gasteiger partial charge is 0.455 e. The fourth-order valence-corrected chi connectivity index (χ4v) is 5.88. The molecule has 0 aromatic heterocycles. The van der Waals surface area contributed by atoms with Crippen LogP contribution in [0.1, 0.15) is 59.3 Å². The second-order valence-corrected chi connectivity index (χ2v) is 12.2. The molecule has 8 atom stereocenters. The van der Waals surface area contributed by atoms with Gasteiger partial charge in [0.05, 0.1) is 18.9 Å². The number of hydrogen-bond donors (Lipinski definition) is 1. The highest BCUT2D eigenvalue weighted by Gasteiger charge is 2.72. The van der Waals surface area contributed by atoms with E-state index in [4.69, 9.17) is 28.2 Å². The lowest BCUT2D eigenvalue weighted by Crippen LogP contribution is -2.49. The minimum absolute atomic E-state index is 0.0417. The van der Waals surface area contributed by atoms with E-state index in [9.17, 15) is 36.4 Å². The summed E-state index contributed by atoms with van der Waals surface area (Å²) in [4.78, 5) is 50.1. The average Bonchev–Trinajstić information content (AvgIpc) is 3.61. The summed E-state index contributed by atoms with van der Waals surface area (Å²) in [6, 6.07) is 0. The van der Waals surface area contributed by atoms with Gasteiger partial charge in [0.1, 0.15) is 24.0 Å². The maximum Gasteiger partial charge on any atom is 0.405 e. The number of hydrogen-bond acceptors (Lipinski definition) is 12. The maximum atomic E-state index is 13.6. The number of carbonyl (C=O) groups is 4. The molecule has 3 saturated heterocycles. The first kappa shape index (κ1) is 30.5. The molecule has 0 aromatic carbocycles. The summed E-state index contributed by atoms with van der Waals surface area (Å²) < 4.78 is 89.7. The van der Waals surface area contributed by atoms with Gasteiger partial charge < -0.3 is 28.4 Å². The normalized spacial score (nSPS) is 31.2. The van der Waals surface area contributed by atoms with Gasteiger partial charge in [0.15, 0.2) is 18.3 Å². The van der Waals surface area contributed by atoms with Crippen LogP contribution in [0.5, 0.6) is 0 Å². The Labute approximate surface area is 228 Å². The molecular formula is C24H32F2O13S. The highest BCUT2D eigenvalue weighted by atomic mass is 32.2. The summed E-state index contributed by atoms with van der Waals surface area (Å²) in [6.07, 6.45) is -5.22. The number of halogens is 2. The van der Waals surface area contributed by atoms with Gasteiger partial charge in [0, 0.05) is 5.92 Å². The van der Waals surface area contributed by atoms with Crippen molar-refractivity contribution >= 4 is 34.0 Å². The van der Waals surface area contributed by atoms with Crippen molar-refractivity contribution in [3.05, 3.63) is 0 Å². The van der Waals surface area contributed by atoms with E-state index >= 15 is 0 Å². The summed E-state index contributed by atoms with van der Waals surface area (Å²) in [6.45, 7) is 4.21. The summed E-state index contributed by atoms with van der Waals surface area (Å²) in [5.41, 5.74) is 0. The SMILES string of the molecule is CC(C)C(OC(=O)C1C2OC3C(OC(=O)C31)C2OC(=O)CCC(=O)OC(C)C(F)(F)S(=O)(=O)O)OC1CCCC1. The molecule has 0 aromatic rings. The van der Waals surface area contributed by atoms with Crippen molar-refractivity contribution in [3.8, 4) is 0 Å². The molecule has 16 heteroatoms. The number of carbonyl (C=O) groups excluding carboxylic acids is 4. The Balaban J connectivity index is 1.35. The highest BCUT2D eigenvalue weighted by Crippen LogP contribution is 2.51. The smallest absolute Gasteiger partial charge is 0.405 e. The van der Waals surface area contributed by atoms with Crippen LogP contribution in [0.4, 0.5) is 8.78 Å². The Morgan fingerprint density at radius 1 is 1.02 bits per heavy atom. The zero-order chi connectivity index (χ0) is 29.6. The molecule has 0 radical (unpaired) electrons. The molecule has 4 aliphatic rings. The van der Waals surface area contributed by atoms with E-state index in [1.54, 1.807) is 0 Å². The van der Waals surface area contributed by atoms with Crippen molar-refractivity contribution < 1.29 is 69.4 Å². The number of alkyl halides is 2. The van der Waals surface area contributed by atoms with E-state index in [2.05, 4.69) is 4.74 Å². The molecule has 40 heavy (non-hydrogen) atoms. The van der Waals surface area contributed by atoms with Gasteiger partial charge in [0.25, 0.3) is 0 Å². The number of esters is 4. The first-order valence-electron chi connectivity index (χ1n) is 13.1. The zero-order valence-corrected chi connectivity index (χ0v) is 22.8. The van der Waals surface area contributed by atoms with Crippen molar-refractivity contribution in [2.45, 2.75) is 107 Å². The molecule has 2 bridgehead atoms. The molecule has 4 rings (SSSR count). The van der Waals surface area contributed by atoms with Gasteiger partial charge in [-0.05, 0) is 19.8 Å². The monoisotopic (exact) mass is 598 g/mol. The van der Waals surface area contributed by atoms with Gasteiger partial charge in [-0.15, -0.1) is 0 Å². The summed E-state index contributed by atoms with van der Waals surface area (Å²) >= 11 is 0. The predicted octanol–water partition coefficient (Wildman–Crippen LogP) is 1.51. The van der Waals surface area contributed by atoms with Gasteiger partial charge in [-0.25, -0.2) is 0 Å². The molecule has 0 spiro atoms. The lowest BCUT2D eigenvalue weighted by atomic mass is 9.78. The van der Waals surface area contributed by atoms with Crippen LogP contribution in [-0.4, -0.2) is 85.0 Å². The molecule has 4 fully saturated rings. The van der Waals surface area contributed by atoms with Crippen molar-refractivity contribution in [3.63, 3.8) is 0 Å². The fraction of sp³-hybridized carbons (Fsp3) is 0.833. The number of fused-ring (bicyclic) bond motifs is 1. The number of ether oxygens (including phenoxy) is 6. The van der Waals surface area contributed by atoms with Crippen LogP contribution in [-0.2, 0) is 57.7 Å². The van der Waals surface area contributed by atoms with Gasteiger partial charge in [-0.3, -0.25) is 23.7 Å². The van der Waals surface area contributed by atoms with Gasteiger partial charge in [-0.2, -0.15) is 17.2 Å². The lowest BCUT2D eigenvalue weighted by Gasteiger charge is -2.30. The Hall–Kier alpha value is -2.43. The molecule has 8 unspecified atom stereocenters. The summed E-state index contributed by atoms with van der Waals surface area (Å²) in [5, 5.41) is -4.76. The Kier molecular flexibility index (Phi) is 8.74. The molecule has 1 saturated carbocycles. The molecule has 1 aliphatic carbocycles. The maximum absolute atomic E-state index is 13.6. The minimum Gasteiger partial charge on any atom is -0.455 e. The molecule has 3 aliphatic heterocycles. The van der Waals surface area contributed by atoms with E-state index in [1.165, 1.54) is 0 Å². The second kappa shape index (κ2) is 11.4. The van der Waals surface area contributed by atoms with E-state index in [1.807, 2.05) is 13.8 Å². The molecule has 0 amide bonds. The van der Waals surface area contributed by atoms with E-state index in [-0.39, 0.29) is 12.0 Å². The van der Waals surface area contributed by atoms with Crippen LogP contribution in [0.15, 0.2) is 0 Å². The first-order chi connectivity index (χ1) is 18.6. The summed E-state index contributed by atoms with van der Waals surface area (Å²) in [7, 11) is -5.84. The number of rotatable bonds is 12. The Morgan fingerprint density at radius 2 is 1.65 bits per heavy atom. The second-order valence-electron chi connectivity index (χ2n) is 10.7. The molecule has 3 heterocycles. The highest BCUT2D eigenvalue weighted by molar-refractivity contribution is 7.86. The van der Waals surface area contributed by atoms with Crippen LogP contribution >= 0.6 is 0 Å². The standard InChI is InChI=1S/C24H32F2O13S/c1-10(2)23(35-12-6-4-5-7-12)39-22(30)16-15-18-20(38-21(15)29)19(17(16)37-18)36-14(28)9-8-13(27)34-11(3)24(25,26)40(31,32)33/h10-12,15-20,23H,4-9H2,1-3H3,(H,31,32,33). The Bertz CT molecular complexity index is 1120. The molecular weight excluding hydrogens is 566 g/mol. The van der Waals surface area contributed by atoms with E-state index in [0.29, 0.717) is 6.92 Å². The summed E-state index contributed by atoms with van der Waals surface area (Å²) in [5.74, 6) is -6.08. The van der Waals surface area contributed by atoms with Crippen LogP contribution in [0.2, 0.25) is 0 Å². The molecule has 13 nitrogen and oxygen atoms in total. The molecule has 226 valence electrons. The van der Waals surface area contributed by atoms with Gasteiger partial charge >= 0.3 is 39.2 Å². The van der Waals surface area contributed by atoms with Crippen LogP contribution in [0.3, 0.4) is 0 Å². The van der Waals surface area contributed by atoms with Gasteiger partial charge in [-0.1, -0.05) is 26.7 Å². The third-order valence-electron chi connectivity index (χ3n) is 7.51. The van der Waals surface area contributed by atoms with Crippen molar-refractivity contribution in [2.75, 3.05) is 0 Å². The minimum atomic E-state index is -5.84. The predicted molar refractivity (Wildman–Crippen MR) is 125 cm³/mol. The third kappa shape index (κ3) is 5.94. The Morgan fingerprint density at radius 3 is 2.25 bits per heavy atom. The van der Waals surface area contributed by atoms with E-state index in [0.717, 1.165) is 25.7 Å². The van der Waals surface area contributed by atoms with Crippen molar-refractivity contribution in [2.24, 2.45) is 17.8 Å². The van der Waals surface area contributed by atoms with Crippen molar-refractivity contribution in [1.82, 2.24) is 0 Å². The van der Waals surface area contributed by atoms with Crippen LogP contribution in [0.25, 0.3) is 0 Å². The lowest BCUT2D eigenvalue weighted by molar-refractivity contribution is -0.208. The van der Waals surface area contributed by atoms with Crippen molar-refractivity contribution in [1.29, 1.82) is 0 Å². The quantitative estimate of drug-likeness (QED) is 0.148. The fourth-order valence-electron chi connectivity index (χ4n) is 5.42. The average molecular weight is 599 g/mol. The first-order valence-corrected chi connectivity index (χ1v) is 14.5. The van der Waals surface area contributed by atoms with Crippen LogP contribution in [0, 0.1) is 17.8 Å². The zero-order valence-electron chi connectivity index (χ0n) is 22.0. The van der Waals surface area contributed by atoms with Crippen LogP contribution < -0.4 is 0 Å². The topological polar surface area (TPSA) is 178 Å². The molecule has 1 N–H and O–H groups in total. The van der Waals surface area contributed by atoms with Gasteiger partial charge in [0.2, 0.25) is 6.29 Å².